The van der Waals surface area contributed by atoms with Crippen LogP contribution in [-0.4, -0.2) is 25.5 Å². The molecule has 0 aromatic carbocycles. The van der Waals surface area contributed by atoms with Crippen LogP contribution in [0.1, 0.15) is 31.8 Å². The Balaban J connectivity index is 2.13. The lowest BCUT2D eigenvalue weighted by Crippen LogP contribution is -2.15. The van der Waals surface area contributed by atoms with E-state index in [1.165, 1.54) is 5.69 Å². The Morgan fingerprint density at radius 3 is 2.90 bits per heavy atom. The largest absolute Gasteiger partial charge is 0.311 e. The molecule has 5 heteroatoms. The Morgan fingerprint density at radius 1 is 1.19 bits per heavy atom. The van der Waals surface area contributed by atoms with Crippen molar-refractivity contribution in [2.75, 3.05) is 6.54 Å². The normalized spacial score (nSPS) is 11.3. The van der Waals surface area contributed by atoms with E-state index in [4.69, 9.17) is 4.98 Å². The highest BCUT2D eigenvalue weighted by atomic mass is 15.2. The van der Waals surface area contributed by atoms with Crippen molar-refractivity contribution in [1.82, 2.24) is 24.3 Å². The zero-order valence-corrected chi connectivity index (χ0v) is 12.6. The second-order valence-electron chi connectivity index (χ2n) is 5.05. The zero-order chi connectivity index (χ0) is 14.7. The van der Waals surface area contributed by atoms with Gasteiger partial charge < -0.3 is 9.72 Å². The first-order valence-electron chi connectivity index (χ1n) is 7.54. The number of aryl methyl sites for hydroxylation is 1. The van der Waals surface area contributed by atoms with Gasteiger partial charge in [-0.05, 0) is 25.1 Å². The van der Waals surface area contributed by atoms with Crippen LogP contribution in [0.4, 0.5) is 0 Å². The van der Waals surface area contributed by atoms with E-state index in [0.717, 1.165) is 43.2 Å². The summed E-state index contributed by atoms with van der Waals surface area (Å²) in [5.74, 6) is 2.04. The highest BCUT2D eigenvalue weighted by Gasteiger charge is 2.15. The van der Waals surface area contributed by atoms with Gasteiger partial charge in [-0.3, -0.25) is 4.57 Å². The first-order valence-corrected chi connectivity index (χ1v) is 7.54. The minimum Gasteiger partial charge on any atom is -0.311 e. The zero-order valence-electron chi connectivity index (χ0n) is 12.6. The van der Waals surface area contributed by atoms with Gasteiger partial charge in [-0.25, -0.2) is 9.97 Å². The number of rotatable bonds is 6. The molecule has 21 heavy (non-hydrogen) atoms. The predicted molar refractivity (Wildman–Crippen MR) is 83.7 cm³/mol. The quantitative estimate of drug-likeness (QED) is 0.756. The maximum absolute atomic E-state index is 4.80. The van der Waals surface area contributed by atoms with Crippen molar-refractivity contribution in [2.24, 2.45) is 0 Å². The molecule has 0 fully saturated rings. The number of pyridine rings is 1. The van der Waals surface area contributed by atoms with Crippen LogP contribution in [0.15, 0.2) is 36.8 Å². The summed E-state index contributed by atoms with van der Waals surface area (Å²) in [4.78, 5) is 9.26. The van der Waals surface area contributed by atoms with Gasteiger partial charge in [-0.15, -0.1) is 0 Å². The van der Waals surface area contributed by atoms with Crippen LogP contribution in [0.25, 0.3) is 11.5 Å². The van der Waals surface area contributed by atoms with E-state index in [-0.39, 0.29) is 0 Å². The minimum atomic E-state index is 0.792. The third-order valence-corrected chi connectivity index (χ3v) is 3.57. The summed E-state index contributed by atoms with van der Waals surface area (Å²) in [6.45, 7) is 6.01. The number of hydrogen-bond acceptors (Lipinski definition) is 3. The molecule has 0 amide bonds. The molecular formula is C16H21N5. The Hall–Kier alpha value is -2.14. The first kappa shape index (κ1) is 13.8. The lowest BCUT2D eigenvalue weighted by Gasteiger charge is -2.08. The molecule has 3 rings (SSSR count). The number of imidazole rings is 2. The highest BCUT2D eigenvalue weighted by molar-refractivity contribution is 5.49. The second-order valence-corrected chi connectivity index (χ2v) is 5.05. The topological polar surface area (TPSA) is 47.2 Å². The van der Waals surface area contributed by atoms with Crippen molar-refractivity contribution in [2.45, 2.75) is 33.2 Å². The monoisotopic (exact) mass is 283 g/mol. The Bertz CT molecular complexity index is 725. The molecule has 0 aliphatic carbocycles. The summed E-state index contributed by atoms with van der Waals surface area (Å²) in [5, 5.41) is 3.40. The van der Waals surface area contributed by atoms with E-state index < -0.39 is 0 Å². The summed E-state index contributed by atoms with van der Waals surface area (Å²) in [6, 6.07) is 6.09. The molecule has 3 heterocycles. The van der Waals surface area contributed by atoms with Gasteiger partial charge in [0.05, 0.1) is 5.69 Å². The second kappa shape index (κ2) is 6.10. The van der Waals surface area contributed by atoms with Crippen LogP contribution in [-0.2, 0) is 13.0 Å². The van der Waals surface area contributed by atoms with Crippen molar-refractivity contribution in [3.8, 4) is 5.82 Å². The molecule has 0 bridgehead atoms. The molecule has 3 aromatic rings. The molecule has 0 saturated carbocycles. The summed E-state index contributed by atoms with van der Waals surface area (Å²) < 4.78 is 4.26. The molecule has 0 aliphatic heterocycles. The highest BCUT2D eigenvalue weighted by Crippen LogP contribution is 2.19. The predicted octanol–water partition coefficient (Wildman–Crippen LogP) is 2.58. The molecule has 0 spiro atoms. The molecular weight excluding hydrogens is 262 g/mol. The fourth-order valence-corrected chi connectivity index (χ4v) is 2.57. The van der Waals surface area contributed by atoms with Crippen LogP contribution >= 0.6 is 0 Å². The first-order chi connectivity index (χ1) is 10.3. The number of hydrogen-bond donors (Lipinski definition) is 1. The van der Waals surface area contributed by atoms with Crippen LogP contribution in [0, 0.1) is 0 Å². The standard InChI is InChI=1S/C16H21N5/c1-3-7-14-18-9-11-21(14)16-13(12-17-4-2)20-10-6-5-8-15(20)19-16/h5-6,8-11,17H,3-4,7,12H2,1-2H3. The van der Waals surface area contributed by atoms with Gasteiger partial charge in [0.2, 0.25) is 0 Å². The minimum absolute atomic E-state index is 0.792. The Kier molecular flexibility index (Phi) is 4.01. The summed E-state index contributed by atoms with van der Waals surface area (Å²) in [5.41, 5.74) is 2.14. The van der Waals surface area contributed by atoms with Gasteiger partial charge in [0, 0.05) is 31.6 Å². The van der Waals surface area contributed by atoms with Crippen LogP contribution in [0.5, 0.6) is 0 Å². The van der Waals surface area contributed by atoms with Gasteiger partial charge in [0.25, 0.3) is 0 Å². The van der Waals surface area contributed by atoms with E-state index in [1.54, 1.807) is 0 Å². The fourth-order valence-electron chi connectivity index (χ4n) is 2.57. The van der Waals surface area contributed by atoms with E-state index in [0.29, 0.717) is 0 Å². The van der Waals surface area contributed by atoms with Gasteiger partial charge >= 0.3 is 0 Å². The summed E-state index contributed by atoms with van der Waals surface area (Å²) >= 11 is 0. The van der Waals surface area contributed by atoms with Gasteiger partial charge in [-0.1, -0.05) is 19.9 Å². The average molecular weight is 283 g/mol. The molecule has 5 nitrogen and oxygen atoms in total. The molecule has 110 valence electrons. The number of nitrogens with one attached hydrogen (secondary N) is 1. The molecule has 0 saturated heterocycles. The lowest BCUT2D eigenvalue weighted by atomic mass is 10.3. The van der Waals surface area contributed by atoms with Crippen molar-refractivity contribution < 1.29 is 0 Å². The van der Waals surface area contributed by atoms with Crippen LogP contribution < -0.4 is 5.32 Å². The number of nitrogens with zero attached hydrogens (tertiary/aromatic N) is 4. The molecule has 0 unspecified atom stereocenters. The molecule has 0 aliphatic rings. The molecule has 0 radical (unpaired) electrons. The maximum Gasteiger partial charge on any atom is 0.161 e. The van der Waals surface area contributed by atoms with Crippen molar-refractivity contribution in [3.05, 3.63) is 48.3 Å². The van der Waals surface area contributed by atoms with Crippen molar-refractivity contribution in [1.29, 1.82) is 0 Å². The third kappa shape index (κ3) is 2.56. The van der Waals surface area contributed by atoms with E-state index in [9.17, 15) is 0 Å². The molecule has 0 atom stereocenters. The maximum atomic E-state index is 4.80. The van der Waals surface area contributed by atoms with Crippen LogP contribution in [0.2, 0.25) is 0 Å². The number of fused-ring (bicyclic) bond motifs is 1. The molecule has 1 N–H and O–H groups in total. The lowest BCUT2D eigenvalue weighted by molar-refractivity contribution is 0.696. The fraction of sp³-hybridized carbons (Fsp3) is 0.375. The SMILES string of the molecule is CCCc1nccn1-c1nc2ccccn2c1CNCC. The van der Waals surface area contributed by atoms with Gasteiger partial charge in [0.15, 0.2) is 5.82 Å². The average Bonchev–Trinajstić information content (AvgIpc) is 3.09. The van der Waals surface area contributed by atoms with Crippen molar-refractivity contribution in [3.63, 3.8) is 0 Å². The van der Waals surface area contributed by atoms with E-state index >= 15 is 0 Å². The van der Waals surface area contributed by atoms with E-state index in [1.807, 2.05) is 30.6 Å². The Labute approximate surface area is 124 Å². The summed E-state index contributed by atoms with van der Waals surface area (Å²) in [7, 11) is 0. The van der Waals surface area contributed by atoms with Gasteiger partial charge in [-0.2, -0.15) is 0 Å². The number of aromatic nitrogens is 4. The third-order valence-electron chi connectivity index (χ3n) is 3.57. The van der Waals surface area contributed by atoms with Gasteiger partial charge in [0.1, 0.15) is 11.5 Å². The molecule has 3 aromatic heterocycles. The summed E-state index contributed by atoms with van der Waals surface area (Å²) in [6.07, 6.45) is 7.96. The smallest absolute Gasteiger partial charge is 0.161 e. The van der Waals surface area contributed by atoms with E-state index in [2.05, 4.69) is 39.3 Å². The Morgan fingerprint density at radius 2 is 2.10 bits per heavy atom. The van der Waals surface area contributed by atoms with Crippen molar-refractivity contribution >= 4 is 5.65 Å². The van der Waals surface area contributed by atoms with Crippen LogP contribution in [0.3, 0.4) is 0 Å².